The van der Waals surface area contributed by atoms with Gasteiger partial charge in [-0.15, -0.1) is 0 Å². The molecular formula is C12H18ClN3O. The van der Waals surface area contributed by atoms with Crippen LogP contribution < -0.4 is 5.56 Å². The SMILES string of the molecule is CC(C)N1CCCCC1c1cc(Cl)c(=O)[nH]n1. The van der Waals surface area contributed by atoms with Crippen LogP contribution in [0.1, 0.15) is 44.8 Å². The van der Waals surface area contributed by atoms with E-state index in [1.165, 1.54) is 12.8 Å². The van der Waals surface area contributed by atoms with Crippen molar-refractivity contribution in [3.63, 3.8) is 0 Å². The van der Waals surface area contributed by atoms with E-state index in [2.05, 4.69) is 28.9 Å². The molecule has 4 nitrogen and oxygen atoms in total. The number of hydrogen-bond acceptors (Lipinski definition) is 3. The number of halogens is 1. The zero-order chi connectivity index (χ0) is 12.4. The molecule has 1 N–H and O–H groups in total. The number of aromatic nitrogens is 2. The van der Waals surface area contributed by atoms with Crippen molar-refractivity contribution in [2.45, 2.75) is 45.2 Å². The number of nitrogens with zero attached hydrogens (tertiary/aromatic N) is 2. The Balaban J connectivity index is 2.29. The van der Waals surface area contributed by atoms with E-state index in [-0.39, 0.29) is 16.6 Å². The minimum atomic E-state index is -0.317. The highest BCUT2D eigenvalue weighted by atomic mass is 35.5. The zero-order valence-corrected chi connectivity index (χ0v) is 11.0. The highest BCUT2D eigenvalue weighted by molar-refractivity contribution is 6.30. The van der Waals surface area contributed by atoms with E-state index in [1.807, 2.05) is 0 Å². The number of H-pyrrole nitrogens is 1. The fourth-order valence-corrected chi connectivity index (χ4v) is 2.61. The van der Waals surface area contributed by atoms with Gasteiger partial charge in [-0.05, 0) is 39.3 Å². The molecule has 2 rings (SSSR count). The van der Waals surface area contributed by atoms with Crippen molar-refractivity contribution >= 4 is 11.6 Å². The van der Waals surface area contributed by atoms with Crippen LogP contribution >= 0.6 is 11.6 Å². The van der Waals surface area contributed by atoms with E-state index in [1.54, 1.807) is 6.07 Å². The van der Waals surface area contributed by atoms with Crippen LogP contribution in [-0.2, 0) is 0 Å². The number of nitrogens with one attached hydrogen (secondary N) is 1. The number of likely N-dealkylation sites (tertiary alicyclic amines) is 1. The fourth-order valence-electron chi connectivity index (χ4n) is 2.46. The van der Waals surface area contributed by atoms with Crippen LogP contribution in [0.3, 0.4) is 0 Å². The number of rotatable bonds is 2. The maximum Gasteiger partial charge on any atom is 0.282 e. The van der Waals surface area contributed by atoms with E-state index >= 15 is 0 Å². The van der Waals surface area contributed by atoms with Gasteiger partial charge in [0.05, 0.1) is 11.7 Å². The van der Waals surface area contributed by atoms with Gasteiger partial charge in [0.2, 0.25) is 0 Å². The van der Waals surface area contributed by atoms with Crippen LogP contribution in [0.5, 0.6) is 0 Å². The third kappa shape index (κ3) is 2.69. The maximum absolute atomic E-state index is 11.2. The summed E-state index contributed by atoms with van der Waals surface area (Å²) in [6, 6.07) is 2.46. The van der Waals surface area contributed by atoms with Gasteiger partial charge in [0.25, 0.3) is 5.56 Å². The minimum Gasteiger partial charge on any atom is -0.292 e. The molecule has 1 unspecified atom stereocenters. The summed E-state index contributed by atoms with van der Waals surface area (Å²) in [6.45, 7) is 5.46. The molecule has 0 radical (unpaired) electrons. The van der Waals surface area contributed by atoms with Crippen LogP contribution in [0.4, 0.5) is 0 Å². The van der Waals surface area contributed by atoms with Gasteiger partial charge in [0.1, 0.15) is 5.02 Å². The van der Waals surface area contributed by atoms with Gasteiger partial charge in [0.15, 0.2) is 0 Å². The van der Waals surface area contributed by atoms with E-state index in [0.29, 0.717) is 6.04 Å². The molecular weight excluding hydrogens is 238 g/mol. The highest BCUT2D eigenvalue weighted by Crippen LogP contribution is 2.31. The molecule has 0 saturated carbocycles. The Morgan fingerprint density at radius 3 is 2.94 bits per heavy atom. The lowest BCUT2D eigenvalue weighted by atomic mass is 9.97. The summed E-state index contributed by atoms with van der Waals surface area (Å²) in [7, 11) is 0. The smallest absolute Gasteiger partial charge is 0.282 e. The number of aromatic amines is 1. The second kappa shape index (κ2) is 5.19. The van der Waals surface area contributed by atoms with E-state index in [4.69, 9.17) is 11.6 Å². The van der Waals surface area contributed by atoms with Crippen LogP contribution in [0.2, 0.25) is 5.02 Å². The van der Waals surface area contributed by atoms with Gasteiger partial charge in [-0.3, -0.25) is 9.69 Å². The van der Waals surface area contributed by atoms with Crippen molar-refractivity contribution in [3.05, 3.63) is 27.1 Å². The van der Waals surface area contributed by atoms with Crippen molar-refractivity contribution in [2.75, 3.05) is 6.54 Å². The normalized spacial score (nSPS) is 22.0. The van der Waals surface area contributed by atoms with Crippen molar-refractivity contribution < 1.29 is 0 Å². The van der Waals surface area contributed by atoms with Crippen molar-refractivity contribution in [2.24, 2.45) is 0 Å². The van der Waals surface area contributed by atoms with Gasteiger partial charge in [-0.2, -0.15) is 5.10 Å². The summed E-state index contributed by atoms with van der Waals surface area (Å²) in [5, 5.41) is 6.82. The third-order valence-electron chi connectivity index (χ3n) is 3.33. The lowest BCUT2D eigenvalue weighted by Gasteiger charge is -2.38. The Kier molecular flexibility index (Phi) is 3.84. The Hall–Kier alpha value is -0.870. The van der Waals surface area contributed by atoms with Gasteiger partial charge < -0.3 is 0 Å². The molecule has 1 saturated heterocycles. The summed E-state index contributed by atoms with van der Waals surface area (Å²) < 4.78 is 0. The van der Waals surface area contributed by atoms with Crippen LogP contribution in [0.15, 0.2) is 10.9 Å². The molecule has 0 bridgehead atoms. The molecule has 0 aromatic carbocycles. The predicted octanol–water partition coefficient (Wildman–Crippen LogP) is 2.36. The Bertz CT molecular complexity index is 444. The van der Waals surface area contributed by atoms with Crippen LogP contribution in [0.25, 0.3) is 0 Å². The molecule has 1 aliphatic heterocycles. The molecule has 1 aromatic heterocycles. The first kappa shape index (κ1) is 12.6. The lowest BCUT2D eigenvalue weighted by Crippen LogP contribution is -2.39. The van der Waals surface area contributed by atoms with Gasteiger partial charge in [-0.1, -0.05) is 18.0 Å². The summed E-state index contributed by atoms with van der Waals surface area (Å²) in [4.78, 5) is 13.6. The standard InChI is InChI=1S/C12H18ClN3O/c1-8(2)16-6-4-3-5-11(16)10-7-9(13)12(17)15-14-10/h7-8,11H,3-6H2,1-2H3,(H,15,17). The van der Waals surface area contributed by atoms with Crippen molar-refractivity contribution in [1.29, 1.82) is 0 Å². The second-order valence-corrected chi connectivity index (χ2v) is 5.22. The molecule has 1 atom stereocenters. The monoisotopic (exact) mass is 255 g/mol. The first-order valence-electron chi connectivity index (χ1n) is 6.10. The Morgan fingerprint density at radius 1 is 1.53 bits per heavy atom. The molecule has 0 aliphatic carbocycles. The van der Waals surface area contributed by atoms with Gasteiger partial charge >= 0.3 is 0 Å². The molecule has 2 heterocycles. The Labute approximate surface area is 106 Å². The summed E-state index contributed by atoms with van der Waals surface area (Å²) in [6.07, 6.45) is 3.51. The first-order valence-corrected chi connectivity index (χ1v) is 6.48. The quantitative estimate of drug-likeness (QED) is 0.883. The molecule has 94 valence electrons. The first-order chi connectivity index (χ1) is 8.09. The highest BCUT2D eigenvalue weighted by Gasteiger charge is 2.27. The van der Waals surface area contributed by atoms with Gasteiger partial charge in [0, 0.05) is 6.04 Å². The topological polar surface area (TPSA) is 49.0 Å². The lowest BCUT2D eigenvalue weighted by molar-refractivity contribution is 0.108. The fraction of sp³-hybridized carbons (Fsp3) is 0.667. The van der Waals surface area contributed by atoms with Gasteiger partial charge in [-0.25, -0.2) is 5.10 Å². The van der Waals surface area contributed by atoms with Crippen LogP contribution in [-0.4, -0.2) is 27.7 Å². The number of piperidine rings is 1. The average Bonchev–Trinajstić information content (AvgIpc) is 2.32. The van der Waals surface area contributed by atoms with E-state index < -0.39 is 0 Å². The average molecular weight is 256 g/mol. The predicted molar refractivity (Wildman–Crippen MR) is 68.3 cm³/mol. The zero-order valence-electron chi connectivity index (χ0n) is 10.2. The Morgan fingerprint density at radius 2 is 2.29 bits per heavy atom. The summed E-state index contributed by atoms with van der Waals surface area (Å²) >= 11 is 5.86. The van der Waals surface area contributed by atoms with Crippen LogP contribution in [0, 0.1) is 0 Å². The van der Waals surface area contributed by atoms with Crippen molar-refractivity contribution in [1.82, 2.24) is 15.1 Å². The second-order valence-electron chi connectivity index (χ2n) is 4.81. The summed E-state index contributed by atoms with van der Waals surface area (Å²) in [5.41, 5.74) is 0.560. The molecule has 1 aliphatic rings. The van der Waals surface area contributed by atoms with E-state index in [9.17, 15) is 4.79 Å². The third-order valence-corrected chi connectivity index (χ3v) is 3.61. The maximum atomic E-state index is 11.2. The largest absolute Gasteiger partial charge is 0.292 e. The number of hydrogen-bond donors (Lipinski definition) is 1. The molecule has 1 aromatic rings. The molecule has 5 heteroatoms. The molecule has 1 fully saturated rings. The molecule has 0 spiro atoms. The minimum absolute atomic E-state index is 0.226. The molecule has 17 heavy (non-hydrogen) atoms. The van der Waals surface area contributed by atoms with Crippen molar-refractivity contribution in [3.8, 4) is 0 Å². The summed E-state index contributed by atoms with van der Waals surface area (Å²) in [5.74, 6) is 0. The van der Waals surface area contributed by atoms with E-state index in [0.717, 1.165) is 18.7 Å². The molecule has 0 amide bonds.